The van der Waals surface area contributed by atoms with Crippen LogP contribution in [-0.2, 0) is 16.4 Å². The first-order valence-electron chi connectivity index (χ1n) is 6.01. The van der Waals surface area contributed by atoms with Crippen LogP contribution in [0.3, 0.4) is 0 Å². The summed E-state index contributed by atoms with van der Waals surface area (Å²) < 4.78 is 26.0. The monoisotopic (exact) mass is 346 g/mol. The van der Waals surface area contributed by atoms with Crippen molar-refractivity contribution in [3.05, 3.63) is 33.6 Å². The normalized spacial score (nSPS) is 13.5. The molecule has 0 aromatic carbocycles. The molecule has 0 aliphatic carbocycles. The third kappa shape index (κ3) is 3.31. The molecule has 1 N–H and O–H groups in total. The molecule has 6 nitrogen and oxygen atoms in total. The summed E-state index contributed by atoms with van der Waals surface area (Å²) in [7, 11) is -2.40. The van der Waals surface area contributed by atoms with Gasteiger partial charge in [0.05, 0.1) is 5.51 Å². The van der Waals surface area contributed by atoms with Crippen molar-refractivity contribution in [3.63, 3.8) is 0 Å². The van der Waals surface area contributed by atoms with E-state index in [1.165, 1.54) is 16.9 Å². The molecule has 0 aliphatic rings. The molecule has 21 heavy (non-hydrogen) atoms. The van der Waals surface area contributed by atoms with Crippen molar-refractivity contribution in [2.75, 3.05) is 7.05 Å². The number of thiazole rings is 1. The number of aromatic carboxylic acids is 1. The number of rotatable bonds is 6. The molecule has 2 aromatic heterocycles. The van der Waals surface area contributed by atoms with Crippen molar-refractivity contribution in [1.29, 1.82) is 0 Å². The summed E-state index contributed by atoms with van der Waals surface area (Å²) >= 11 is 2.38. The predicted molar refractivity (Wildman–Crippen MR) is 81.5 cm³/mol. The molecule has 9 heteroatoms. The zero-order valence-electron chi connectivity index (χ0n) is 11.4. The van der Waals surface area contributed by atoms with Gasteiger partial charge >= 0.3 is 5.97 Å². The highest BCUT2D eigenvalue weighted by Crippen LogP contribution is 2.26. The van der Waals surface area contributed by atoms with Gasteiger partial charge < -0.3 is 5.11 Å². The van der Waals surface area contributed by atoms with Crippen LogP contribution in [0.1, 0.15) is 22.3 Å². The highest BCUT2D eigenvalue weighted by atomic mass is 32.2. The third-order valence-corrected chi connectivity index (χ3v) is 7.27. The number of aromatic nitrogens is 1. The summed E-state index contributed by atoms with van der Waals surface area (Å²) in [6, 6.07) is 3.57. The molecular weight excluding hydrogens is 332 g/mol. The summed E-state index contributed by atoms with van der Waals surface area (Å²) in [6.07, 6.45) is 0.578. The van der Waals surface area contributed by atoms with Crippen LogP contribution in [0.15, 0.2) is 27.2 Å². The predicted octanol–water partition coefficient (Wildman–Crippen LogP) is 2.15. The second-order valence-corrected chi connectivity index (χ2v) is 8.53. The average molecular weight is 346 g/mol. The van der Waals surface area contributed by atoms with E-state index >= 15 is 0 Å². The fourth-order valence-electron chi connectivity index (χ4n) is 1.78. The van der Waals surface area contributed by atoms with Crippen molar-refractivity contribution >= 4 is 38.7 Å². The minimum atomic E-state index is -3.86. The lowest BCUT2D eigenvalue weighted by atomic mass is 10.2. The number of carbonyl (C=O) groups is 1. The first kappa shape index (κ1) is 16.1. The molecule has 0 radical (unpaired) electrons. The number of carboxylic acid groups (broad SMARTS) is 1. The lowest BCUT2D eigenvalue weighted by molar-refractivity contribution is 0.0687. The second-order valence-electron chi connectivity index (χ2n) is 4.45. The van der Waals surface area contributed by atoms with Gasteiger partial charge in [0.25, 0.3) is 10.0 Å². The van der Waals surface area contributed by atoms with Crippen LogP contribution < -0.4 is 0 Å². The molecular formula is C12H14N2O4S3. The Kier molecular flexibility index (Phi) is 4.77. The fraction of sp³-hybridized carbons (Fsp3) is 0.333. The maximum absolute atomic E-state index is 12.5. The number of thiophene rings is 1. The number of hydrogen-bond acceptors (Lipinski definition) is 6. The Morgan fingerprint density at radius 1 is 1.48 bits per heavy atom. The third-order valence-electron chi connectivity index (χ3n) is 3.05. The fourth-order valence-corrected chi connectivity index (χ4v) is 5.27. The molecule has 2 heterocycles. The number of hydrogen-bond donors (Lipinski definition) is 1. The zero-order chi connectivity index (χ0) is 15.6. The molecule has 2 rings (SSSR count). The van der Waals surface area contributed by atoms with Crippen LogP contribution >= 0.6 is 22.7 Å². The average Bonchev–Trinajstić information content (AvgIpc) is 3.08. The number of likely N-dealkylation sites (N-methyl/N-ethyl adjacent to an activating group) is 1. The van der Waals surface area contributed by atoms with Gasteiger partial charge in [-0.2, -0.15) is 4.31 Å². The van der Waals surface area contributed by atoms with Gasteiger partial charge in [0.15, 0.2) is 9.90 Å². The smallest absolute Gasteiger partial charge is 0.356 e. The minimum absolute atomic E-state index is 0.226. The second kappa shape index (κ2) is 6.22. The van der Waals surface area contributed by atoms with Gasteiger partial charge in [-0.25, -0.2) is 18.2 Å². The Balaban J connectivity index is 2.26. The van der Waals surface area contributed by atoms with Crippen molar-refractivity contribution in [3.8, 4) is 0 Å². The summed E-state index contributed by atoms with van der Waals surface area (Å²) in [5, 5.41) is 10.9. The van der Waals surface area contributed by atoms with Crippen LogP contribution in [0.4, 0.5) is 0 Å². The van der Waals surface area contributed by atoms with Gasteiger partial charge in [0, 0.05) is 18.0 Å². The van der Waals surface area contributed by atoms with Gasteiger partial charge in [-0.3, -0.25) is 0 Å². The minimum Gasteiger partial charge on any atom is -0.476 e. The Morgan fingerprint density at radius 2 is 2.19 bits per heavy atom. The lowest BCUT2D eigenvalue weighted by Gasteiger charge is -2.23. The molecule has 0 saturated carbocycles. The van der Waals surface area contributed by atoms with E-state index in [-0.39, 0.29) is 10.3 Å². The van der Waals surface area contributed by atoms with E-state index in [0.717, 1.165) is 16.2 Å². The van der Waals surface area contributed by atoms with Crippen LogP contribution in [0.25, 0.3) is 0 Å². The Hall–Kier alpha value is -1.29. The topological polar surface area (TPSA) is 87.6 Å². The summed E-state index contributed by atoms with van der Waals surface area (Å²) in [4.78, 5) is 15.7. The molecule has 0 fully saturated rings. The summed E-state index contributed by atoms with van der Waals surface area (Å²) in [6.45, 7) is 1.79. The van der Waals surface area contributed by atoms with E-state index in [9.17, 15) is 13.2 Å². The molecule has 114 valence electrons. The highest BCUT2D eigenvalue weighted by molar-refractivity contribution is 7.91. The van der Waals surface area contributed by atoms with Crippen LogP contribution in [0, 0.1) is 0 Å². The summed E-state index contributed by atoms with van der Waals surface area (Å²) in [5.41, 5.74) is 0.809. The van der Waals surface area contributed by atoms with Gasteiger partial charge in [-0.15, -0.1) is 22.7 Å². The van der Waals surface area contributed by atoms with Crippen molar-refractivity contribution < 1.29 is 18.3 Å². The molecule has 0 saturated heterocycles. The molecule has 1 unspecified atom stereocenters. The van der Waals surface area contributed by atoms with E-state index in [1.807, 2.05) is 17.5 Å². The van der Waals surface area contributed by atoms with Crippen LogP contribution in [0.5, 0.6) is 0 Å². The van der Waals surface area contributed by atoms with Crippen molar-refractivity contribution in [2.24, 2.45) is 0 Å². The molecule has 0 spiro atoms. The quantitative estimate of drug-likeness (QED) is 0.866. The SMILES string of the molecule is CC(Cc1cccs1)N(C)S(=O)(=O)c1scnc1C(=O)O. The Bertz CT molecular complexity index is 722. The standard InChI is InChI=1S/C12H14N2O4S3/c1-8(6-9-4-3-5-19-9)14(2)21(17,18)12-10(11(15)16)13-7-20-12/h3-5,7-8H,6H2,1-2H3,(H,15,16). The maximum Gasteiger partial charge on any atom is 0.356 e. The highest BCUT2D eigenvalue weighted by Gasteiger charge is 2.32. The number of sulfonamides is 1. The Morgan fingerprint density at radius 3 is 2.76 bits per heavy atom. The first-order chi connectivity index (χ1) is 9.84. The lowest BCUT2D eigenvalue weighted by Crippen LogP contribution is -2.36. The largest absolute Gasteiger partial charge is 0.476 e. The van der Waals surface area contributed by atoms with Gasteiger partial charge in [0.2, 0.25) is 0 Å². The first-order valence-corrected chi connectivity index (χ1v) is 9.21. The number of carboxylic acids is 1. The van der Waals surface area contributed by atoms with Crippen LogP contribution in [-0.4, -0.2) is 41.9 Å². The Labute approximate surface area is 130 Å². The zero-order valence-corrected chi connectivity index (χ0v) is 13.8. The van der Waals surface area contributed by atoms with E-state index in [1.54, 1.807) is 18.3 Å². The van der Waals surface area contributed by atoms with E-state index in [0.29, 0.717) is 6.42 Å². The van der Waals surface area contributed by atoms with Gasteiger partial charge in [0.1, 0.15) is 0 Å². The van der Waals surface area contributed by atoms with E-state index in [4.69, 9.17) is 5.11 Å². The summed E-state index contributed by atoms with van der Waals surface area (Å²) in [5.74, 6) is -1.34. The molecule has 0 bridgehead atoms. The molecule has 2 aromatic rings. The maximum atomic E-state index is 12.5. The number of nitrogens with zero attached hydrogens (tertiary/aromatic N) is 2. The van der Waals surface area contributed by atoms with E-state index in [2.05, 4.69) is 4.98 Å². The van der Waals surface area contributed by atoms with Gasteiger partial charge in [-0.05, 0) is 24.8 Å². The van der Waals surface area contributed by atoms with Gasteiger partial charge in [-0.1, -0.05) is 6.07 Å². The molecule has 1 atom stereocenters. The molecule has 0 aliphatic heterocycles. The van der Waals surface area contributed by atoms with Crippen LogP contribution in [0.2, 0.25) is 0 Å². The van der Waals surface area contributed by atoms with E-state index < -0.39 is 21.7 Å². The molecule has 0 amide bonds. The van der Waals surface area contributed by atoms with Crippen molar-refractivity contribution in [2.45, 2.75) is 23.6 Å². The van der Waals surface area contributed by atoms with Crippen molar-refractivity contribution in [1.82, 2.24) is 9.29 Å².